The number of nitrogens with zero attached hydrogens (tertiary/aromatic N) is 4. The third-order valence-corrected chi connectivity index (χ3v) is 4.67. The van der Waals surface area contributed by atoms with E-state index in [1.807, 2.05) is 0 Å². The third-order valence-electron chi connectivity index (χ3n) is 4.67. The summed E-state index contributed by atoms with van der Waals surface area (Å²) in [7, 11) is 0. The fourth-order valence-electron chi connectivity index (χ4n) is 3.05. The van der Waals surface area contributed by atoms with E-state index >= 15 is 0 Å². The summed E-state index contributed by atoms with van der Waals surface area (Å²) >= 11 is 0. The van der Waals surface area contributed by atoms with Crippen LogP contribution in [0.25, 0.3) is 5.69 Å². The maximum Gasteiger partial charge on any atom is 0.336 e. The van der Waals surface area contributed by atoms with Crippen LogP contribution in [0.3, 0.4) is 0 Å². The van der Waals surface area contributed by atoms with Gasteiger partial charge in [-0.1, -0.05) is 0 Å². The number of carbonyl (C=O) groups excluding carboxylic acids is 1. The molecule has 1 aliphatic heterocycles. The second-order valence-corrected chi connectivity index (χ2v) is 6.62. The van der Waals surface area contributed by atoms with E-state index in [2.05, 4.69) is 5.10 Å². The van der Waals surface area contributed by atoms with E-state index in [1.54, 1.807) is 6.92 Å². The second kappa shape index (κ2) is 7.37. The van der Waals surface area contributed by atoms with Gasteiger partial charge < -0.3 is 14.9 Å². The van der Waals surface area contributed by atoms with Gasteiger partial charge in [-0.05, 0) is 19.9 Å². The van der Waals surface area contributed by atoms with E-state index in [1.165, 1.54) is 23.7 Å². The van der Waals surface area contributed by atoms with Gasteiger partial charge in [-0.15, -0.1) is 5.10 Å². The molecule has 0 aromatic carbocycles. The number of aliphatic carboxylic acids is 1. The van der Waals surface area contributed by atoms with E-state index in [9.17, 15) is 28.3 Å². The summed E-state index contributed by atoms with van der Waals surface area (Å²) in [4.78, 5) is 36.6. The van der Waals surface area contributed by atoms with Crippen LogP contribution in [-0.4, -0.2) is 61.3 Å². The summed E-state index contributed by atoms with van der Waals surface area (Å²) in [6, 6.07) is 3.78. The van der Waals surface area contributed by atoms with Gasteiger partial charge in [0.25, 0.3) is 11.5 Å². The average molecular weight is 412 g/mol. The van der Waals surface area contributed by atoms with E-state index in [0.29, 0.717) is 5.69 Å². The molecule has 0 aliphatic carbocycles. The topological polar surface area (TPSA) is 127 Å². The van der Waals surface area contributed by atoms with Crippen molar-refractivity contribution in [2.24, 2.45) is 0 Å². The van der Waals surface area contributed by atoms with Crippen molar-refractivity contribution in [1.82, 2.24) is 14.3 Å². The van der Waals surface area contributed by atoms with Crippen LogP contribution >= 0.6 is 0 Å². The number of rotatable bonds is 5. The number of hydrogen-bond donors (Lipinski definition) is 2. The third kappa shape index (κ3) is 3.51. The molecule has 3 heterocycles. The fraction of sp³-hybridized carbons (Fsp3) is 0.412. The SMILES string of the molecule is Cc1cc(N2CCOC(C)(C(O)C(=O)O)C2=O)nn1-c1ccc(=O)n(C(F)F)c1. The number of carboxylic acids is 1. The Balaban J connectivity index is 1.98. The number of aliphatic hydroxyl groups excluding tert-OH is 1. The molecule has 2 aromatic rings. The quantitative estimate of drug-likeness (QED) is 0.723. The number of anilines is 1. The molecule has 10 nitrogen and oxygen atoms in total. The van der Waals surface area contributed by atoms with Crippen LogP contribution in [0.4, 0.5) is 14.6 Å². The van der Waals surface area contributed by atoms with Crippen molar-refractivity contribution >= 4 is 17.7 Å². The molecule has 156 valence electrons. The molecule has 0 spiro atoms. The normalized spacial score (nSPS) is 20.9. The first kappa shape index (κ1) is 20.6. The Kier molecular flexibility index (Phi) is 5.24. The first-order valence-corrected chi connectivity index (χ1v) is 8.50. The smallest absolute Gasteiger partial charge is 0.336 e. The molecule has 1 amide bonds. The molecule has 2 atom stereocenters. The number of ether oxygens (including phenoxy) is 1. The predicted octanol–water partition coefficient (Wildman–Crippen LogP) is 0.305. The zero-order valence-electron chi connectivity index (χ0n) is 15.5. The Morgan fingerprint density at radius 2 is 2.03 bits per heavy atom. The first-order valence-electron chi connectivity index (χ1n) is 8.50. The Labute approximate surface area is 162 Å². The summed E-state index contributed by atoms with van der Waals surface area (Å²) in [5, 5.41) is 23.2. The number of pyridine rings is 1. The number of aromatic nitrogens is 3. The molecule has 0 bridgehead atoms. The van der Waals surface area contributed by atoms with E-state index in [4.69, 9.17) is 9.84 Å². The molecule has 1 fully saturated rings. The van der Waals surface area contributed by atoms with Crippen LogP contribution < -0.4 is 10.5 Å². The molecule has 29 heavy (non-hydrogen) atoms. The maximum atomic E-state index is 13.0. The van der Waals surface area contributed by atoms with Crippen molar-refractivity contribution in [2.45, 2.75) is 32.1 Å². The highest BCUT2D eigenvalue weighted by Gasteiger charge is 2.51. The van der Waals surface area contributed by atoms with Crippen molar-refractivity contribution < 1.29 is 33.3 Å². The molecule has 1 saturated heterocycles. The van der Waals surface area contributed by atoms with Crippen LogP contribution in [0.2, 0.25) is 0 Å². The van der Waals surface area contributed by atoms with E-state index in [0.717, 1.165) is 17.2 Å². The molecule has 0 saturated carbocycles. The zero-order valence-corrected chi connectivity index (χ0v) is 15.5. The first-order chi connectivity index (χ1) is 13.6. The summed E-state index contributed by atoms with van der Waals surface area (Å²) in [5.74, 6) is -2.30. The molecule has 2 N–H and O–H groups in total. The number of carbonyl (C=O) groups is 2. The molecular formula is C17H18F2N4O6. The van der Waals surface area contributed by atoms with Gasteiger partial charge in [0.05, 0.1) is 18.8 Å². The highest BCUT2D eigenvalue weighted by Crippen LogP contribution is 2.28. The van der Waals surface area contributed by atoms with Gasteiger partial charge in [0.2, 0.25) is 0 Å². The number of carboxylic acid groups (broad SMARTS) is 1. The van der Waals surface area contributed by atoms with E-state index < -0.39 is 35.7 Å². The Morgan fingerprint density at radius 3 is 2.66 bits per heavy atom. The number of hydrogen-bond acceptors (Lipinski definition) is 6. The average Bonchev–Trinajstić information content (AvgIpc) is 3.05. The summed E-state index contributed by atoms with van der Waals surface area (Å²) < 4.78 is 32.7. The van der Waals surface area contributed by atoms with Gasteiger partial charge in [0, 0.05) is 24.0 Å². The highest BCUT2D eigenvalue weighted by molar-refractivity contribution is 6.02. The number of alkyl halides is 2. The van der Waals surface area contributed by atoms with Crippen LogP contribution in [0.5, 0.6) is 0 Å². The van der Waals surface area contributed by atoms with Crippen LogP contribution in [-0.2, 0) is 14.3 Å². The summed E-state index contributed by atoms with van der Waals surface area (Å²) in [5.41, 5.74) is -2.25. The van der Waals surface area contributed by atoms with Gasteiger partial charge >= 0.3 is 12.5 Å². The predicted molar refractivity (Wildman–Crippen MR) is 94.2 cm³/mol. The van der Waals surface area contributed by atoms with Gasteiger partial charge in [-0.25, -0.2) is 9.48 Å². The number of amides is 1. The van der Waals surface area contributed by atoms with Crippen molar-refractivity contribution in [3.05, 3.63) is 40.4 Å². The minimum Gasteiger partial charge on any atom is -0.479 e. The van der Waals surface area contributed by atoms with Crippen molar-refractivity contribution in [3.63, 3.8) is 0 Å². The summed E-state index contributed by atoms with van der Waals surface area (Å²) in [6.07, 6.45) is -1.15. The van der Waals surface area contributed by atoms with Crippen molar-refractivity contribution in [1.29, 1.82) is 0 Å². The highest BCUT2D eigenvalue weighted by atomic mass is 19.3. The second-order valence-electron chi connectivity index (χ2n) is 6.62. The van der Waals surface area contributed by atoms with Crippen molar-refractivity contribution in [3.8, 4) is 5.69 Å². The number of aryl methyl sites for hydroxylation is 1. The lowest BCUT2D eigenvalue weighted by molar-refractivity contribution is -0.181. The van der Waals surface area contributed by atoms with Crippen LogP contribution in [0.15, 0.2) is 29.2 Å². The monoisotopic (exact) mass is 412 g/mol. The number of halogens is 2. The molecule has 0 radical (unpaired) electrons. The molecular weight excluding hydrogens is 394 g/mol. The van der Waals surface area contributed by atoms with Gasteiger partial charge in [0.15, 0.2) is 17.5 Å². The van der Waals surface area contributed by atoms with Gasteiger partial charge in [-0.2, -0.15) is 8.78 Å². The Morgan fingerprint density at radius 1 is 1.34 bits per heavy atom. The standard InChI is InChI=1S/C17H18F2N4O6/c1-9-7-11(20-23(9)10-3-4-12(24)22(8-10)16(18)19)21-5-6-29-17(2,15(21)28)13(25)14(26)27/h3-4,7-8,13,16,25H,5-6H2,1-2H3,(H,26,27). The lowest BCUT2D eigenvalue weighted by atomic mass is 9.95. The maximum absolute atomic E-state index is 13.0. The van der Waals surface area contributed by atoms with E-state index in [-0.39, 0.29) is 29.2 Å². The Hall–Kier alpha value is -3.12. The molecule has 1 aliphatic rings. The lowest BCUT2D eigenvalue weighted by Crippen LogP contribution is -2.63. The molecule has 12 heteroatoms. The van der Waals surface area contributed by atoms with Crippen LogP contribution in [0, 0.1) is 6.92 Å². The fourth-order valence-corrected chi connectivity index (χ4v) is 3.05. The van der Waals surface area contributed by atoms with Crippen LogP contribution in [0.1, 0.15) is 19.2 Å². The number of aliphatic hydroxyl groups is 1. The van der Waals surface area contributed by atoms with Gasteiger partial charge in [-0.3, -0.25) is 19.1 Å². The van der Waals surface area contributed by atoms with Gasteiger partial charge in [0.1, 0.15) is 0 Å². The molecule has 3 rings (SSSR count). The zero-order chi connectivity index (χ0) is 21.5. The largest absolute Gasteiger partial charge is 0.479 e. The summed E-state index contributed by atoms with van der Waals surface area (Å²) in [6.45, 7) is -0.243. The molecule has 2 aromatic heterocycles. The molecule has 2 unspecified atom stereocenters. The number of morpholine rings is 1. The van der Waals surface area contributed by atoms with Crippen molar-refractivity contribution in [2.75, 3.05) is 18.1 Å². The minimum atomic E-state index is -3.03. The Bertz CT molecular complexity index is 1020. The lowest BCUT2D eigenvalue weighted by Gasteiger charge is -2.39. The minimum absolute atomic E-state index is 0.0469.